The lowest BCUT2D eigenvalue weighted by atomic mass is 9.79. The summed E-state index contributed by atoms with van der Waals surface area (Å²) in [6.45, 7) is 2.24. The van der Waals surface area contributed by atoms with E-state index in [4.69, 9.17) is 9.47 Å². The van der Waals surface area contributed by atoms with Gasteiger partial charge in [0.15, 0.2) is 0 Å². The van der Waals surface area contributed by atoms with Crippen LogP contribution >= 0.6 is 0 Å². The zero-order chi connectivity index (χ0) is 14.5. The van der Waals surface area contributed by atoms with Crippen LogP contribution in [-0.2, 0) is 6.61 Å². The van der Waals surface area contributed by atoms with Gasteiger partial charge in [-0.25, -0.2) is 0 Å². The summed E-state index contributed by atoms with van der Waals surface area (Å²) in [5.41, 5.74) is 2.30. The number of ether oxygens (including phenoxy) is 2. The van der Waals surface area contributed by atoms with Gasteiger partial charge in [-0.1, -0.05) is 29.8 Å². The Kier molecular flexibility index (Phi) is 4.66. The Hall–Kier alpha value is -1.98. The molecule has 0 radical (unpaired) electrons. The van der Waals surface area contributed by atoms with Gasteiger partial charge in [-0.3, -0.25) is 0 Å². The van der Waals surface area contributed by atoms with Crippen LogP contribution in [0.1, 0.15) is 11.1 Å². The van der Waals surface area contributed by atoms with Gasteiger partial charge in [-0.05, 0) is 30.7 Å². The molecule has 20 heavy (non-hydrogen) atoms. The highest BCUT2D eigenvalue weighted by Crippen LogP contribution is 2.15. The first-order chi connectivity index (χ1) is 9.60. The number of hydrogen-bond donors (Lipinski definition) is 2. The van der Waals surface area contributed by atoms with Gasteiger partial charge in [-0.2, -0.15) is 0 Å². The molecule has 2 N–H and O–H groups in total. The molecule has 0 fully saturated rings. The van der Waals surface area contributed by atoms with Crippen molar-refractivity contribution in [1.29, 1.82) is 0 Å². The van der Waals surface area contributed by atoms with Crippen molar-refractivity contribution in [2.75, 3.05) is 7.11 Å². The first-order valence-corrected chi connectivity index (χ1v) is 6.32. The molecule has 0 atom stereocenters. The molecule has 0 heterocycles. The van der Waals surface area contributed by atoms with Crippen molar-refractivity contribution in [3.63, 3.8) is 0 Å². The molecule has 0 saturated carbocycles. The molecule has 0 spiro atoms. The van der Waals surface area contributed by atoms with Crippen LogP contribution in [0.4, 0.5) is 0 Å². The summed E-state index contributed by atoms with van der Waals surface area (Å²) in [5.74, 6) is 1.26. The summed E-state index contributed by atoms with van der Waals surface area (Å²) in [7, 11) is 0.0768. The molecule has 0 aliphatic carbocycles. The van der Waals surface area contributed by atoms with Gasteiger partial charge in [0, 0.05) is 5.46 Å². The summed E-state index contributed by atoms with van der Waals surface area (Å²) < 4.78 is 10.7. The Balaban J connectivity index is 2.10. The minimum atomic E-state index is -1.54. The molecule has 2 aromatic rings. The summed E-state index contributed by atoms with van der Waals surface area (Å²) in [4.78, 5) is 0. The highest BCUT2D eigenvalue weighted by molar-refractivity contribution is 6.59. The van der Waals surface area contributed by atoms with Crippen molar-refractivity contribution < 1.29 is 19.5 Å². The maximum absolute atomic E-state index is 9.35. The number of methoxy groups -OCH3 is 1. The smallest absolute Gasteiger partial charge is 0.492 e. The van der Waals surface area contributed by atoms with E-state index in [2.05, 4.69) is 0 Å². The van der Waals surface area contributed by atoms with Gasteiger partial charge in [0.25, 0.3) is 0 Å². The average Bonchev–Trinajstić information content (AvgIpc) is 2.46. The van der Waals surface area contributed by atoms with Crippen LogP contribution < -0.4 is 14.9 Å². The van der Waals surface area contributed by atoms with Gasteiger partial charge in [0.2, 0.25) is 0 Å². The number of aryl methyl sites for hydroxylation is 1. The van der Waals surface area contributed by atoms with E-state index in [1.54, 1.807) is 19.2 Å². The highest BCUT2D eigenvalue weighted by atomic mass is 16.5. The molecule has 0 unspecified atom stereocenters. The zero-order valence-corrected chi connectivity index (χ0v) is 11.5. The highest BCUT2D eigenvalue weighted by Gasteiger charge is 2.17. The standard InChI is InChI=1S/C15H17BO4/c1-11-3-8-15(14(9-11)16(17)18)20-10-12-4-6-13(19-2)7-5-12/h3-9,17-18H,10H2,1-2H3. The molecular weight excluding hydrogens is 255 g/mol. The summed E-state index contributed by atoms with van der Waals surface area (Å²) in [6.07, 6.45) is 0. The zero-order valence-electron chi connectivity index (χ0n) is 11.5. The minimum Gasteiger partial charge on any atom is -0.497 e. The molecule has 0 aliphatic rings. The fourth-order valence-electron chi connectivity index (χ4n) is 1.88. The van der Waals surface area contributed by atoms with Gasteiger partial charge < -0.3 is 19.5 Å². The van der Waals surface area contributed by atoms with Crippen LogP contribution in [0.5, 0.6) is 11.5 Å². The Morgan fingerprint density at radius 2 is 1.75 bits per heavy atom. The first-order valence-electron chi connectivity index (χ1n) is 6.32. The van der Waals surface area contributed by atoms with Crippen molar-refractivity contribution in [1.82, 2.24) is 0 Å². The predicted molar refractivity (Wildman–Crippen MR) is 78.3 cm³/mol. The van der Waals surface area contributed by atoms with E-state index in [1.165, 1.54) is 0 Å². The lowest BCUT2D eigenvalue weighted by Crippen LogP contribution is -2.31. The quantitative estimate of drug-likeness (QED) is 0.804. The van der Waals surface area contributed by atoms with Crippen LogP contribution in [0.15, 0.2) is 42.5 Å². The molecule has 0 saturated heterocycles. The number of hydrogen-bond acceptors (Lipinski definition) is 4. The Labute approximate surface area is 118 Å². The molecule has 5 heteroatoms. The Morgan fingerprint density at radius 1 is 1.05 bits per heavy atom. The summed E-state index contributed by atoms with van der Waals surface area (Å²) in [5, 5.41) is 18.7. The molecule has 2 aromatic carbocycles. The normalized spacial score (nSPS) is 10.2. The van der Waals surface area contributed by atoms with Crippen LogP contribution in [-0.4, -0.2) is 24.3 Å². The van der Waals surface area contributed by atoms with E-state index in [0.29, 0.717) is 17.8 Å². The van der Waals surface area contributed by atoms with Gasteiger partial charge in [0.05, 0.1) is 7.11 Å². The van der Waals surface area contributed by atoms with E-state index in [-0.39, 0.29) is 0 Å². The van der Waals surface area contributed by atoms with Crippen molar-refractivity contribution in [3.05, 3.63) is 53.6 Å². The molecule has 2 rings (SSSR count). The summed E-state index contributed by atoms with van der Waals surface area (Å²) >= 11 is 0. The van der Waals surface area contributed by atoms with E-state index in [1.807, 2.05) is 37.3 Å². The SMILES string of the molecule is COc1ccc(COc2ccc(C)cc2B(O)O)cc1. The van der Waals surface area contributed by atoms with Crippen LogP contribution in [0, 0.1) is 6.92 Å². The van der Waals surface area contributed by atoms with Gasteiger partial charge in [-0.15, -0.1) is 0 Å². The molecule has 0 bridgehead atoms. The van der Waals surface area contributed by atoms with Crippen LogP contribution in [0.25, 0.3) is 0 Å². The molecule has 104 valence electrons. The fourth-order valence-corrected chi connectivity index (χ4v) is 1.88. The van der Waals surface area contributed by atoms with Gasteiger partial charge >= 0.3 is 7.12 Å². The molecule has 0 aromatic heterocycles. The molecule has 0 aliphatic heterocycles. The fraction of sp³-hybridized carbons (Fsp3) is 0.200. The van der Waals surface area contributed by atoms with Crippen LogP contribution in [0.3, 0.4) is 0 Å². The lowest BCUT2D eigenvalue weighted by molar-refractivity contribution is 0.306. The minimum absolute atomic E-state index is 0.354. The second-order valence-electron chi connectivity index (χ2n) is 4.55. The molecule has 0 amide bonds. The second kappa shape index (κ2) is 6.46. The van der Waals surface area contributed by atoms with Crippen molar-refractivity contribution in [3.8, 4) is 11.5 Å². The van der Waals surface area contributed by atoms with Crippen molar-refractivity contribution in [2.45, 2.75) is 13.5 Å². The van der Waals surface area contributed by atoms with Crippen LogP contribution in [0.2, 0.25) is 0 Å². The molecule has 4 nitrogen and oxygen atoms in total. The summed E-state index contributed by atoms with van der Waals surface area (Å²) in [6, 6.07) is 12.8. The third-order valence-electron chi connectivity index (χ3n) is 3.00. The first kappa shape index (κ1) is 14.4. The monoisotopic (exact) mass is 272 g/mol. The third-order valence-corrected chi connectivity index (χ3v) is 3.00. The van der Waals surface area contributed by atoms with E-state index in [0.717, 1.165) is 16.9 Å². The van der Waals surface area contributed by atoms with Crippen molar-refractivity contribution >= 4 is 12.6 Å². The van der Waals surface area contributed by atoms with Gasteiger partial charge in [0.1, 0.15) is 18.1 Å². The van der Waals surface area contributed by atoms with E-state index < -0.39 is 7.12 Å². The maximum Gasteiger partial charge on any atom is 0.492 e. The third kappa shape index (κ3) is 3.53. The van der Waals surface area contributed by atoms with E-state index >= 15 is 0 Å². The topological polar surface area (TPSA) is 58.9 Å². The number of rotatable bonds is 5. The number of benzene rings is 2. The maximum atomic E-state index is 9.35. The Bertz CT molecular complexity index is 567. The lowest BCUT2D eigenvalue weighted by Gasteiger charge is -2.12. The Morgan fingerprint density at radius 3 is 2.35 bits per heavy atom. The molecular formula is C15H17BO4. The average molecular weight is 272 g/mol. The predicted octanol–water partition coefficient (Wildman–Crippen LogP) is 1.26. The van der Waals surface area contributed by atoms with Crippen molar-refractivity contribution in [2.24, 2.45) is 0 Å². The van der Waals surface area contributed by atoms with E-state index in [9.17, 15) is 10.0 Å². The second-order valence-corrected chi connectivity index (χ2v) is 4.55. The largest absolute Gasteiger partial charge is 0.497 e.